The molecule has 0 aliphatic carbocycles. The SMILES string of the molecule is CCN(CC)Sc1ccc(C(C)=O)cc1. The van der Waals surface area contributed by atoms with Crippen LogP contribution in [-0.2, 0) is 0 Å². The third kappa shape index (κ3) is 3.68. The highest BCUT2D eigenvalue weighted by molar-refractivity contribution is 7.97. The third-order valence-corrected chi connectivity index (χ3v) is 3.46. The Kier molecular flexibility index (Phi) is 4.85. The van der Waals surface area contributed by atoms with Crippen molar-refractivity contribution in [1.82, 2.24) is 4.31 Å². The number of hydrogen-bond acceptors (Lipinski definition) is 3. The molecule has 1 rings (SSSR count). The Morgan fingerprint density at radius 2 is 1.73 bits per heavy atom. The first-order valence-corrected chi connectivity index (χ1v) is 5.98. The quantitative estimate of drug-likeness (QED) is 0.564. The lowest BCUT2D eigenvalue weighted by molar-refractivity contribution is 0.101. The number of ketones is 1. The molecule has 0 aliphatic heterocycles. The van der Waals surface area contributed by atoms with Crippen LogP contribution >= 0.6 is 11.9 Å². The molecule has 0 heterocycles. The van der Waals surface area contributed by atoms with Gasteiger partial charge < -0.3 is 0 Å². The molecule has 0 saturated carbocycles. The van der Waals surface area contributed by atoms with E-state index in [9.17, 15) is 4.79 Å². The van der Waals surface area contributed by atoms with E-state index in [0.29, 0.717) is 0 Å². The Bertz CT molecular complexity index is 317. The number of Topliss-reactive ketones (excluding diaryl/α,β-unsaturated/α-hetero) is 1. The molecule has 0 saturated heterocycles. The minimum Gasteiger partial charge on any atom is -0.295 e. The molecule has 0 spiro atoms. The van der Waals surface area contributed by atoms with Crippen molar-refractivity contribution < 1.29 is 4.79 Å². The van der Waals surface area contributed by atoms with Crippen molar-refractivity contribution in [3.63, 3.8) is 0 Å². The molecule has 0 atom stereocenters. The smallest absolute Gasteiger partial charge is 0.159 e. The first-order chi connectivity index (χ1) is 7.17. The van der Waals surface area contributed by atoms with E-state index in [1.54, 1.807) is 18.9 Å². The lowest BCUT2D eigenvalue weighted by atomic mass is 10.2. The normalized spacial score (nSPS) is 10.7. The van der Waals surface area contributed by atoms with Gasteiger partial charge in [0.25, 0.3) is 0 Å². The fourth-order valence-corrected chi connectivity index (χ4v) is 2.07. The molecular weight excluding hydrogens is 206 g/mol. The van der Waals surface area contributed by atoms with E-state index in [-0.39, 0.29) is 5.78 Å². The molecule has 0 unspecified atom stereocenters. The van der Waals surface area contributed by atoms with E-state index < -0.39 is 0 Å². The molecule has 0 bridgehead atoms. The summed E-state index contributed by atoms with van der Waals surface area (Å²) in [5.41, 5.74) is 0.777. The van der Waals surface area contributed by atoms with E-state index in [1.807, 2.05) is 24.3 Å². The molecule has 15 heavy (non-hydrogen) atoms. The van der Waals surface area contributed by atoms with Crippen molar-refractivity contribution in [2.24, 2.45) is 0 Å². The van der Waals surface area contributed by atoms with Crippen molar-refractivity contribution >= 4 is 17.7 Å². The van der Waals surface area contributed by atoms with Crippen LogP contribution < -0.4 is 0 Å². The van der Waals surface area contributed by atoms with Crippen LogP contribution in [0.1, 0.15) is 31.1 Å². The molecule has 3 heteroatoms. The second-order valence-corrected chi connectivity index (χ2v) is 4.46. The highest BCUT2D eigenvalue weighted by Crippen LogP contribution is 2.22. The molecule has 1 aromatic rings. The fraction of sp³-hybridized carbons (Fsp3) is 0.417. The lowest BCUT2D eigenvalue weighted by Crippen LogP contribution is -2.13. The van der Waals surface area contributed by atoms with Crippen LogP contribution in [0.15, 0.2) is 29.2 Å². The van der Waals surface area contributed by atoms with Crippen LogP contribution in [0.2, 0.25) is 0 Å². The average Bonchev–Trinajstić information content (AvgIpc) is 2.26. The van der Waals surface area contributed by atoms with Gasteiger partial charge in [-0.15, -0.1) is 0 Å². The summed E-state index contributed by atoms with van der Waals surface area (Å²) in [4.78, 5) is 12.3. The van der Waals surface area contributed by atoms with Gasteiger partial charge in [-0.2, -0.15) is 0 Å². The topological polar surface area (TPSA) is 20.3 Å². The average molecular weight is 223 g/mol. The van der Waals surface area contributed by atoms with Crippen LogP contribution in [0.3, 0.4) is 0 Å². The highest BCUT2D eigenvalue weighted by Gasteiger charge is 2.03. The predicted octanol–water partition coefficient (Wildman–Crippen LogP) is 3.24. The van der Waals surface area contributed by atoms with E-state index in [0.717, 1.165) is 18.7 Å². The zero-order valence-electron chi connectivity index (χ0n) is 9.49. The molecule has 2 nitrogen and oxygen atoms in total. The zero-order valence-corrected chi connectivity index (χ0v) is 10.3. The van der Waals surface area contributed by atoms with Gasteiger partial charge in [-0.1, -0.05) is 26.0 Å². The van der Waals surface area contributed by atoms with E-state index in [4.69, 9.17) is 0 Å². The van der Waals surface area contributed by atoms with Crippen molar-refractivity contribution in [2.45, 2.75) is 25.7 Å². The summed E-state index contributed by atoms with van der Waals surface area (Å²) in [6.07, 6.45) is 0. The minimum atomic E-state index is 0.120. The standard InChI is InChI=1S/C12H17NOS/c1-4-13(5-2)15-12-8-6-11(7-9-12)10(3)14/h6-9H,4-5H2,1-3H3. The largest absolute Gasteiger partial charge is 0.295 e. The van der Waals surface area contributed by atoms with Gasteiger partial charge in [0.15, 0.2) is 5.78 Å². The van der Waals surface area contributed by atoms with Crippen molar-refractivity contribution in [1.29, 1.82) is 0 Å². The van der Waals surface area contributed by atoms with Gasteiger partial charge in [0.1, 0.15) is 0 Å². The van der Waals surface area contributed by atoms with Gasteiger partial charge in [-0.3, -0.25) is 4.79 Å². The number of benzene rings is 1. The Morgan fingerprint density at radius 1 is 1.20 bits per heavy atom. The van der Waals surface area contributed by atoms with Crippen LogP contribution in [-0.4, -0.2) is 23.2 Å². The second kappa shape index (κ2) is 5.93. The zero-order chi connectivity index (χ0) is 11.3. The molecule has 0 N–H and O–H groups in total. The molecule has 0 amide bonds. The summed E-state index contributed by atoms with van der Waals surface area (Å²) in [7, 11) is 0. The molecule has 1 aromatic carbocycles. The molecule has 0 aliphatic rings. The van der Waals surface area contributed by atoms with Gasteiger partial charge in [0, 0.05) is 23.5 Å². The number of carbonyl (C=O) groups is 1. The Morgan fingerprint density at radius 3 is 2.13 bits per heavy atom. The number of carbonyl (C=O) groups excluding carboxylic acids is 1. The first kappa shape index (κ1) is 12.3. The molecular formula is C12H17NOS. The van der Waals surface area contributed by atoms with Gasteiger partial charge in [-0.25, -0.2) is 4.31 Å². The number of hydrogen-bond donors (Lipinski definition) is 0. The predicted molar refractivity (Wildman–Crippen MR) is 65.2 cm³/mol. The maximum absolute atomic E-state index is 11.1. The molecule has 0 aromatic heterocycles. The summed E-state index contributed by atoms with van der Waals surface area (Å²) >= 11 is 1.73. The third-order valence-electron chi connectivity index (χ3n) is 2.20. The lowest BCUT2D eigenvalue weighted by Gasteiger charge is -2.16. The molecule has 0 radical (unpaired) electrons. The van der Waals surface area contributed by atoms with Crippen molar-refractivity contribution in [2.75, 3.05) is 13.1 Å². The van der Waals surface area contributed by atoms with Crippen molar-refractivity contribution in [3.8, 4) is 0 Å². The maximum Gasteiger partial charge on any atom is 0.159 e. The van der Waals surface area contributed by atoms with E-state index in [2.05, 4.69) is 18.2 Å². The van der Waals surface area contributed by atoms with Crippen molar-refractivity contribution in [3.05, 3.63) is 29.8 Å². The monoisotopic (exact) mass is 223 g/mol. The molecule has 0 fully saturated rings. The first-order valence-electron chi connectivity index (χ1n) is 5.21. The van der Waals surface area contributed by atoms with Crippen LogP contribution in [0.25, 0.3) is 0 Å². The molecule has 82 valence electrons. The summed E-state index contributed by atoms with van der Waals surface area (Å²) in [6.45, 7) is 7.92. The second-order valence-electron chi connectivity index (χ2n) is 3.29. The Hall–Kier alpha value is -0.800. The minimum absolute atomic E-state index is 0.120. The fourth-order valence-electron chi connectivity index (χ4n) is 1.25. The van der Waals surface area contributed by atoms with Crippen LogP contribution in [0, 0.1) is 0 Å². The Labute approximate surface area is 95.8 Å². The van der Waals surface area contributed by atoms with Gasteiger partial charge in [0.2, 0.25) is 0 Å². The van der Waals surface area contributed by atoms with Gasteiger partial charge >= 0.3 is 0 Å². The van der Waals surface area contributed by atoms with E-state index >= 15 is 0 Å². The summed E-state index contributed by atoms with van der Waals surface area (Å²) < 4.78 is 2.27. The number of rotatable bonds is 5. The van der Waals surface area contributed by atoms with Gasteiger partial charge in [-0.05, 0) is 31.0 Å². The van der Waals surface area contributed by atoms with E-state index in [1.165, 1.54) is 4.90 Å². The summed E-state index contributed by atoms with van der Waals surface area (Å²) in [6, 6.07) is 7.77. The van der Waals surface area contributed by atoms with Crippen LogP contribution in [0.4, 0.5) is 0 Å². The van der Waals surface area contributed by atoms with Crippen LogP contribution in [0.5, 0.6) is 0 Å². The highest BCUT2D eigenvalue weighted by atomic mass is 32.2. The summed E-state index contributed by atoms with van der Waals surface area (Å²) in [5.74, 6) is 0.120. The van der Waals surface area contributed by atoms with Gasteiger partial charge in [0.05, 0.1) is 0 Å². The number of nitrogens with zero attached hydrogens (tertiary/aromatic N) is 1. The summed E-state index contributed by atoms with van der Waals surface area (Å²) in [5, 5.41) is 0. The Balaban J connectivity index is 2.67. The maximum atomic E-state index is 11.1.